The maximum absolute atomic E-state index is 13.8. The van der Waals surface area contributed by atoms with E-state index in [9.17, 15) is 14.0 Å². The SMILES string of the molecule is CCOC(=O)c1cc(Br)cc(CC)c1NC(=O)c1ccccc1F. The molecule has 1 N–H and O–H groups in total. The Morgan fingerprint density at radius 2 is 1.88 bits per heavy atom. The van der Waals surface area contributed by atoms with Crippen molar-refractivity contribution in [2.75, 3.05) is 11.9 Å². The summed E-state index contributed by atoms with van der Waals surface area (Å²) in [6.45, 7) is 3.82. The van der Waals surface area contributed by atoms with E-state index < -0.39 is 17.7 Å². The van der Waals surface area contributed by atoms with Crippen molar-refractivity contribution < 1.29 is 18.7 Å². The van der Waals surface area contributed by atoms with E-state index in [-0.39, 0.29) is 17.7 Å². The van der Waals surface area contributed by atoms with Gasteiger partial charge in [-0.25, -0.2) is 9.18 Å². The van der Waals surface area contributed by atoms with Crippen LogP contribution >= 0.6 is 15.9 Å². The third-order valence-electron chi connectivity index (χ3n) is 3.42. The molecule has 2 aromatic carbocycles. The molecule has 126 valence electrons. The molecule has 0 bridgehead atoms. The summed E-state index contributed by atoms with van der Waals surface area (Å²) in [5.41, 5.74) is 1.23. The summed E-state index contributed by atoms with van der Waals surface area (Å²) in [6, 6.07) is 9.07. The van der Waals surface area contributed by atoms with E-state index in [0.717, 1.165) is 5.56 Å². The summed E-state index contributed by atoms with van der Waals surface area (Å²) in [5.74, 6) is -1.78. The Morgan fingerprint density at radius 3 is 2.50 bits per heavy atom. The van der Waals surface area contributed by atoms with Crippen LogP contribution in [0.2, 0.25) is 0 Å². The van der Waals surface area contributed by atoms with Gasteiger partial charge >= 0.3 is 5.97 Å². The van der Waals surface area contributed by atoms with Crippen molar-refractivity contribution in [3.8, 4) is 0 Å². The van der Waals surface area contributed by atoms with Crippen LogP contribution in [-0.2, 0) is 11.2 Å². The lowest BCUT2D eigenvalue weighted by Crippen LogP contribution is -2.18. The van der Waals surface area contributed by atoms with E-state index in [1.54, 1.807) is 25.1 Å². The van der Waals surface area contributed by atoms with Crippen LogP contribution in [0.25, 0.3) is 0 Å². The summed E-state index contributed by atoms with van der Waals surface area (Å²) < 4.78 is 19.6. The molecule has 0 aliphatic heterocycles. The lowest BCUT2D eigenvalue weighted by molar-refractivity contribution is 0.0527. The van der Waals surface area contributed by atoms with Crippen LogP contribution in [0.15, 0.2) is 40.9 Å². The zero-order valence-corrected chi connectivity index (χ0v) is 14.9. The lowest BCUT2D eigenvalue weighted by atomic mass is 10.0. The van der Waals surface area contributed by atoms with Crippen molar-refractivity contribution in [3.05, 3.63) is 63.4 Å². The van der Waals surface area contributed by atoms with E-state index in [2.05, 4.69) is 21.2 Å². The quantitative estimate of drug-likeness (QED) is 0.756. The highest BCUT2D eigenvalue weighted by molar-refractivity contribution is 9.10. The number of hydrogen-bond acceptors (Lipinski definition) is 3. The molecule has 0 saturated heterocycles. The van der Waals surface area contributed by atoms with Crippen LogP contribution in [0.3, 0.4) is 0 Å². The largest absolute Gasteiger partial charge is 0.462 e. The molecule has 0 aromatic heterocycles. The molecule has 2 aromatic rings. The summed E-state index contributed by atoms with van der Waals surface area (Å²) in [6.07, 6.45) is 0.582. The summed E-state index contributed by atoms with van der Waals surface area (Å²) in [7, 11) is 0. The predicted octanol–water partition coefficient (Wildman–Crippen LogP) is 4.58. The average molecular weight is 394 g/mol. The molecule has 6 heteroatoms. The van der Waals surface area contributed by atoms with Gasteiger partial charge in [0.05, 0.1) is 23.4 Å². The number of rotatable bonds is 5. The van der Waals surface area contributed by atoms with Gasteiger partial charge in [-0.3, -0.25) is 4.79 Å². The van der Waals surface area contributed by atoms with Crippen molar-refractivity contribution in [1.29, 1.82) is 0 Å². The summed E-state index contributed by atoms with van der Waals surface area (Å²) in [5, 5.41) is 2.65. The number of halogens is 2. The van der Waals surface area contributed by atoms with Crippen LogP contribution in [0, 0.1) is 5.82 Å². The van der Waals surface area contributed by atoms with Crippen LogP contribution in [0.4, 0.5) is 10.1 Å². The smallest absolute Gasteiger partial charge is 0.340 e. The number of carbonyl (C=O) groups excluding carboxylic acids is 2. The van der Waals surface area contributed by atoms with Crippen molar-refractivity contribution in [2.45, 2.75) is 20.3 Å². The summed E-state index contributed by atoms with van der Waals surface area (Å²) >= 11 is 3.35. The summed E-state index contributed by atoms with van der Waals surface area (Å²) in [4.78, 5) is 24.6. The minimum absolute atomic E-state index is 0.0859. The molecule has 2 rings (SSSR count). The average Bonchev–Trinajstić information content (AvgIpc) is 2.56. The molecule has 0 unspecified atom stereocenters. The number of amides is 1. The number of ether oxygens (including phenoxy) is 1. The maximum Gasteiger partial charge on any atom is 0.340 e. The Labute approximate surface area is 148 Å². The molecule has 0 aliphatic rings. The van der Waals surface area contributed by atoms with Gasteiger partial charge in [0.2, 0.25) is 0 Å². The minimum Gasteiger partial charge on any atom is -0.462 e. The number of benzene rings is 2. The standard InChI is InChI=1S/C18H17BrFNO3/c1-3-11-9-12(19)10-14(18(23)24-4-2)16(11)21-17(22)13-7-5-6-8-15(13)20/h5-10H,3-4H2,1-2H3,(H,21,22). The minimum atomic E-state index is -0.622. The maximum atomic E-state index is 13.8. The Bertz CT molecular complexity index is 777. The van der Waals surface area contributed by atoms with E-state index in [0.29, 0.717) is 16.6 Å². The molecule has 0 saturated carbocycles. The molecule has 0 spiro atoms. The van der Waals surface area contributed by atoms with Crippen LogP contribution < -0.4 is 5.32 Å². The third-order valence-corrected chi connectivity index (χ3v) is 3.88. The van der Waals surface area contributed by atoms with Crippen molar-refractivity contribution in [1.82, 2.24) is 0 Å². The normalized spacial score (nSPS) is 10.3. The van der Waals surface area contributed by atoms with Crippen molar-refractivity contribution in [2.24, 2.45) is 0 Å². The molecular formula is C18H17BrFNO3. The number of esters is 1. The van der Waals surface area contributed by atoms with Crippen LogP contribution in [-0.4, -0.2) is 18.5 Å². The first kappa shape index (κ1) is 18.1. The Kier molecular flexibility index (Phi) is 6.09. The Hall–Kier alpha value is -2.21. The zero-order valence-electron chi connectivity index (χ0n) is 13.4. The van der Waals surface area contributed by atoms with Crippen molar-refractivity contribution in [3.63, 3.8) is 0 Å². The zero-order chi connectivity index (χ0) is 17.7. The molecule has 4 nitrogen and oxygen atoms in total. The highest BCUT2D eigenvalue weighted by Gasteiger charge is 2.20. The van der Waals surface area contributed by atoms with Gasteiger partial charge in [0.25, 0.3) is 5.91 Å². The molecule has 0 atom stereocenters. The number of carbonyl (C=O) groups is 2. The first-order valence-electron chi connectivity index (χ1n) is 7.53. The Morgan fingerprint density at radius 1 is 1.17 bits per heavy atom. The first-order chi connectivity index (χ1) is 11.5. The first-order valence-corrected chi connectivity index (χ1v) is 8.32. The highest BCUT2D eigenvalue weighted by atomic mass is 79.9. The van der Waals surface area contributed by atoms with Gasteiger partial charge in [0.1, 0.15) is 5.82 Å². The molecule has 0 radical (unpaired) electrons. The molecular weight excluding hydrogens is 377 g/mol. The fraction of sp³-hybridized carbons (Fsp3) is 0.222. The molecule has 0 fully saturated rings. The predicted molar refractivity (Wildman–Crippen MR) is 93.8 cm³/mol. The molecule has 0 heterocycles. The van der Waals surface area contributed by atoms with Gasteiger partial charge in [0, 0.05) is 4.47 Å². The number of hydrogen-bond donors (Lipinski definition) is 1. The number of aryl methyl sites for hydroxylation is 1. The second-order valence-electron chi connectivity index (χ2n) is 5.00. The fourth-order valence-electron chi connectivity index (χ4n) is 2.29. The van der Waals surface area contributed by atoms with Gasteiger partial charge < -0.3 is 10.1 Å². The highest BCUT2D eigenvalue weighted by Crippen LogP contribution is 2.28. The number of anilines is 1. The molecule has 24 heavy (non-hydrogen) atoms. The fourth-order valence-corrected chi connectivity index (χ4v) is 2.79. The molecule has 0 aliphatic carbocycles. The third kappa shape index (κ3) is 4.00. The van der Waals surface area contributed by atoms with Crippen molar-refractivity contribution >= 4 is 33.5 Å². The van der Waals surface area contributed by atoms with Crippen LogP contribution in [0.1, 0.15) is 40.1 Å². The van der Waals surface area contributed by atoms with E-state index in [1.165, 1.54) is 18.2 Å². The second-order valence-corrected chi connectivity index (χ2v) is 5.91. The monoisotopic (exact) mass is 393 g/mol. The lowest BCUT2D eigenvalue weighted by Gasteiger charge is -2.15. The second kappa shape index (κ2) is 8.06. The van der Waals surface area contributed by atoms with Gasteiger partial charge in [-0.2, -0.15) is 0 Å². The number of nitrogens with one attached hydrogen (secondary N) is 1. The molecule has 1 amide bonds. The van der Waals surface area contributed by atoms with Gasteiger partial charge in [-0.05, 0) is 43.2 Å². The van der Waals surface area contributed by atoms with E-state index >= 15 is 0 Å². The topological polar surface area (TPSA) is 55.4 Å². The van der Waals surface area contributed by atoms with Crippen LogP contribution in [0.5, 0.6) is 0 Å². The van der Waals surface area contributed by atoms with Gasteiger partial charge in [-0.15, -0.1) is 0 Å². The van der Waals surface area contributed by atoms with Gasteiger partial charge in [0.15, 0.2) is 0 Å². The van der Waals surface area contributed by atoms with E-state index in [4.69, 9.17) is 4.74 Å². The van der Waals surface area contributed by atoms with Gasteiger partial charge in [-0.1, -0.05) is 35.0 Å². The Balaban J connectivity index is 2.46. The van der Waals surface area contributed by atoms with E-state index in [1.807, 2.05) is 6.92 Å².